The van der Waals surface area contributed by atoms with Crippen LogP contribution in [0.25, 0.3) is 0 Å². The van der Waals surface area contributed by atoms with Crippen molar-refractivity contribution in [3.8, 4) is 5.75 Å². The lowest BCUT2D eigenvalue weighted by molar-refractivity contribution is 0.414. The molecule has 2 heteroatoms. The van der Waals surface area contributed by atoms with Gasteiger partial charge in [-0.05, 0) is 35.2 Å². The van der Waals surface area contributed by atoms with E-state index in [1.807, 2.05) is 18.2 Å². The highest BCUT2D eigenvalue weighted by Gasteiger charge is 2.02. The molecule has 0 aliphatic rings. The first-order valence-corrected chi connectivity index (χ1v) is 6.12. The van der Waals surface area contributed by atoms with Gasteiger partial charge in [-0.25, -0.2) is 0 Å². The van der Waals surface area contributed by atoms with E-state index in [0.717, 1.165) is 12.2 Å². The van der Waals surface area contributed by atoms with E-state index in [9.17, 15) is 0 Å². The Labute approximate surface area is 107 Å². The summed E-state index contributed by atoms with van der Waals surface area (Å²) in [5.74, 6) is 1.45. The quantitative estimate of drug-likeness (QED) is 0.741. The standard InChI is InChI=1S/C15H15ClO/c1-17-15-8-6-12(7-9-15)10-13-4-2-3-5-14(13)11-16/h2-9H,10-11H2,1H3. The van der Waals surface area contributed by atoms with Crippen molar-refractivity contribution in [2.24, 2.45) is 0 Å². The fourth-order valence-corrected chi connectivity index (χ4v) is 2.08. The first kappa shape index (κ1) is 12.0. The van der Waals surface area contributed by atoms with Gasteiger partial charge in [0.15, 0.2) is 0 Å². The number of hydrogen-bond acceptors (Lipinski definition) is 1. The summed E-state index contributed by atoms with van der Waals surface area (Å²) in [4.78, 5) is 0. The highest BCUT2D eigenvalue weighted by Crippen LogP contribution is 2.18. The van der Waals surface area contributed by atoms with Crippen molar-refractivity contribution in [1.82, 2.24) is 0 Å². The fourth-order valence-electron chi connectivity index (χ4n) is 1.82. The second-order valence-corrected chi connectivity index (χ2v) is 4.19. The van der Waals surface area contributed by atoms with Crippen molar-refractivity contribution < 1.29 is 4.74 Å². The van der Waals surface area contributed by atoms with E-state index < -0.39 is 0 Å². The summed E-state index contributed by atoms with van der Waals surface area (Å²) in [6.07, 6.45) is 0.910. The molecule has 0 saturated carbocycles. The lowest BCUT2D eigenvalue weighted by Crippen LogP contribution is -1.93. The van der Waals surface area contributed by atoms with Gasteiger partial charge in [-0.2, -0.15) is 0 Å². The van der Waals surface area contributed by atoms with Crippen LogP contribution in [-0.2, 0) is 12.3 Å². The average molecular weight is 247 g/mol. The minimum atomic E-state index is 0.562. The van der Waals surface area contributed by atoms with Crippen molar-refractivity contribution in [1.29, 1.82) is 0 Å². The Morgan fingerprint density at radius 3 is 2.18 bits per heavy atom. The van der Waals surface area contributed by atoms with Gasteiger partial charge in [0.2, 0.25) is 0 Å². The highest BCUT2D eigenvalue weighted by molar-refractivity contribution is 6.17. The lowest BCUT2D eigenvalue weighted by atomic mass is 10.0. The number of alkyl halides is 1. The lowest BCUT2D eigenvalue weighted by Gasteiger charge is -2.07. The summed E-state index contributed by atoms with van der Waals surface area (Å²) < 4.78 is 5.14. The monoisotopic (exact) mass is 246 g/mol. The fraction of sp³-hybridized carbons (Fsp3) is 0.200. The molecule has 0 fully saturated rings. The smallest absolute Gasteiger partial charge is 0.118 e. The summed E-state index contributed by atoms with van der Waals surface area (Å²) in [5, 5.41) is 0. The van der Waals surface area contributed by atoms with Crippen LogP contribution in [0.1, 0.15) is 16.7 Å². The van der Waals surface area contributed by atoms with Gasteiger partial charge in [-0.3, -0.25) is 0 Å². The molecule has 0 spiro atoms. The summed E-state index contributed by atoms with van der Waals surface area (Å²) in [7, 11) is 1.68. The molecule has 0 saturated heterocycles. The van der Waals surface area contributed by atoms with E-state index in [0.29, 0.717) is 5.88 Å². The van der Waals surface area contributed by atoms with Gasteiger partial charge in [0, 0.05) is 5.88 Å². The molecule has 1 nitrogen and oxygen atoms in total. The Balaban J connectivity index is 2.19. The van der Waals surface area contributed by atoms with E-state index in [-0.39, 0.29) is 0 Å². The van der Waals surface area contributed by atoms with Gasteiger partial charge in [0.25, 0.3) is 0 Å². The number of halogens is 1. The van der Waals surface area contributed by atoms with Crippen molar-refractivity contribution in [3.05, 3.63) is 65.2 Å². The normalized spacial score (nSPS) is 10.2. The van der Waals surface area contributed by atoms with Gasteiger partial charge >= 0.3 is 0 Å². The van der Waals surface area contributed by atoms with Crippen molar-refractivity contribution in [2.45, 2.75) is 12.3 Å². The van der Waals surface area contributed by atoms with Crippen LogP contribution in [0.3, 0.4) is 0 Å². The number of methoxy groups -OCH3 is 1. The predicted octanol–water partition coefficient (Wildman–Crippen LogP) is 4.02. The Morgan fingerprint density at radius 2 is 1.59 bits per heavy atom. The molecule has 0 atom stereocenters. The molecule has 0 unspecified atom stereocenters. The number of hydrogen-bond donors (Lipinski definition) is 0. The summed E-state index contributed by atoms with van der Waals surface area (Å²) in [5.41, 5.74) is 3.75. The van der Waals surface area contributed by atoms with Crippen LogP contribution in [-0.4, -0.2) is 7.11 Å². The summed E-state index contributed by atoms with van der Waals surface area (Å²) in [6.45, 7) is 0. The van der Waals surface area contributed by atoms with E-state index in [4.69, 9.17) is 16.3 Å². The molecular formula is C15H15ClO. The maximum absolute atomic E-state index is 5.93. The van der Waals surface area contributed by atoms with Crippen molar-refractivity contribution in [2.75, 3.05) is 7.11 Å². The minimum Gasteiger partial charge on any atom is -0.497 e. The molecule has 0 amide bonds. The van der Waals surface area contributed by atoms with Gasteiger partial charge < -0.3 is 4.74 Å². The zero-order chi connectivity index (χ0) is 12.1. The predicted molar refractivity (Wildman–Crippen MR) is 71.8 cm³/mol. The minimum absolute atomic E-state index is 0.562. The highest BCUT2D eigenvalue weighted by atomic mass is 35.5. The Bertz CT molecular complexity index is 477. The third-order valence-electron chi connectivity index (χ3n) is 2.82. The third-order valence-corrected chi connectivity index (χ3v) is 3.10. The Hall–Kier alpha value is -1.47. The Morgan fingerprint density at radius 1 is 0.941 bits per heavy atom. The van der Waals surface area contributed by atoms with Crippen LogP contribution in [0.2, 0.25) is 0 Å². The maximum Gasteiger partial charge on any atom is 0.118 e. The zero-order valence-corrected chi connectivity index (χ0v) is 10.6. The van der Waals surface area contributed by atoms with Crippen LogP contribution in [0.5, 0.6) is 5.75 Å². The molecule has 0 heterocycles. The van der Waals surface area contributed by atoms with Gasteiger partial charge in [0.05, 0.1) is 7.11 Å². The first-order valence-electron chi connectivity index (χ1n) is 5.59. The van der Waals surface area contributed by atoms with Gasteiger partial charge in [-0.1, -0.05) is 36.4 Å². The molecule has 0 aliphatic heterocycles. The zero-order valence-electron chi connectivity index (χ0n) is 9.82. The van der Waals surface area contributed by atoms with Gasteiger partial charge in [0.1, 0.15) is 5.75 Å². The molecule has 2 rings (SSSR count). The molecule has 2 aromatic carbocycles. The topological polar surface area (TPSA) is 9.23 Å². The van der Waals surface area contributed by atoms with Gasteiger partial charge in [-0.15, -0.1) is 11.6 Å². The van der Waals surface area contributed by atoms with Crippen LogP contribution >= 0.6 is 11.6 Å². The molecule has 88 valence electrons. The number of ether oxygens (including phenoxy) is 1. The van der Waals surface area contributed by atoms with Crippen LogP contribution in [0.4, 0.5) is 0 Å². The SMILES string of the molecule is COc1ccc(Cc2ccccc2CCl)cc1. The largest absolute Gasteiger partial charge is 0.497 e. The van der Waals surface area contributed by atoms with E-state index in [1.54, 1.807) is 7.11 Å². The number of benzene rings is 2. The van der Waals surface area contributed by atoms with E-state index in [2.05, 4.69) is 30.3 Å². The molecule has 2 aromatic rings. The second-order valence-electron chi connectivity index (χ2n) is 3.93. The summed E-state index contributed by atoms with van der Waals surface area (Å²) >= 11 is 5.93. The first-order chi connectivity index (χ1) is 8.33. The molecule has 0 radical (unpaired) electrons. The van der Waals surface area contributed by atoms with E-state index in [1.165, 1.54) is 16.7 Å². The molecular weight excluding hydrogens is 232 g/mol. The molecule has 17 heavy (non-hydrogen) atoms. The summed E-state index contributed by atoms with van der Waals surface area (Å²) in [6, 6.07) is 16.4. The Kier molecular flexibility index (Phi) is 4.05. The van der Waals surface area contributed by atoms with Crippen LogP contribution < -0.4 is 4.74 Å². The maximum atomic E-state index is 5.93. The molecule has 0 bridgehead atoms. The van der Waals surface area contributed by atoms with Crippen molar-refractivity contribution in [3.63, 3.8) is 0 Å². The average Bonchev–Trinajstić information content (AvgIpc) is 2.40. The van der Waals surface area contributed by atoms with Crippen molar-refractivity contribution >= 4 is 11.6 Å². The molecule has 0 aliphatic carbocycles. The van der Waals surface area contributed by atoms with Crippen LogP contribution in [0.15, 0.2) is 48.5 Å². The molecule has 0 N–H and O–H groups in total. The third kappa shape index (κ3) is 3.01. The second kappa shape index (κ2) is 5.74. The van der Waals surface area contributed by atoms with E-state index >= 15 is 0 Å². The molecule has 0 aromatic heterocycles. The van der Waals surface area contributed by atoms with Crippen LogP contribution in [0, 0.1) is 0 Å². The number of rotatable bonds is 4.